The first-order valence-electron chi connectivity index (χ1n) is 11.1. The van der Waals surface area contributed by atoms with Crippen LogP contribution in [0.25, 0.3) is 0 Å². The number of hydrogen-bond donors (Lipinski definition) is 0. The molecule has 172 valence electrons. The maximum absolute atomic E-state index is 13.0. The lowest BCUT2D eigenvalue weighted by molar-refractivity contribution is 0.0628. The topological polar surface area (TPSA) is 42.0 Å². The van der Waals surface area contributed by atoms with E-state index in [2.05, 4.69) is 17.0 Å². The van der Waals surface area contributed by atoms with Crippen LogP contribution in [-0.2, 0) is 13.2 Å². The van der Waals surface area contributed by atoms with E-state index in [1.807, 2.05) is 66.4 Å². The Labute approximate surface area is 200 Å². The molecule has 4 rings (SSSR count). The second-order valence-corrected chi connectivity index (χ2v) is 8.72. The number of methoxy groups -OCH3 is 1. The number of aryl methyl sites for hydroxylation is 1. The van der Waals surface area contributed by atoms with E-state index in [0.29, 0.717) is 12.2 Å². The number of carbonyl (C=O) groups excluding carboxylic acids is 1. The summed E-state index contributed by atoms with van der Waals surface area (Å²) in [6, 6.07) is 21.4. The highest BCUT2D eigenvalue weighted by atomic mass is 35.5. The molecule has 0 N–H and O–H groups in total. The van der Waals surface area contributed by atoms with Crippen molar-refractivity contribution < 1.29 is 14.3 Å². The molecule has 1 saturated heterocycles. The fourth-order valence-electron chi connectivity index (χ4n) is 3.94. The van der Waals surface area contributed by atoms with Gasteiger partial charge in [0.1, 0.15) is 18.1 Å². The van der Waals surface area contributed by atoms with Gasteiger partial charge in [0.25, 0.3) is 5.91 Å². The molecule has 0 aliphatic carbocycles. The summed E-state index contributed by atoms with van der Waals surface area (Å²) in [5.41, 5.74) is 3.93. The Bertz CT molecular complexity index is 1090. The quantitative estimate of drug-likeness (QED) is 0.482. The van der Waals surface area contributed by atoms with Crippen LogP contribution in [0.3, 0.4) is 0 Å². The maximum atomic E-state index is 13.0. The summed E-state index contributed by atoms with van der Waals surface area (Å²) in [6.45, 7) is 6.42. The molecule has 0 bridgehead atoms. The van der Waals surface area contributed by atoms with Crippen molar-refractivity contribution in [1.82, 2.24) is 9.80 Å². The van der Waals surface area contributed by atoms with Crippen molar-refractivity contribution in [2.45, 2.75) is 20.1 Å². The third-order valence-corrected chi connectivity index (χ3v) is 6.36. The number of carbonyl (C=O) groups is 1. The van der Waals surface area contributed by atoms with E-state index in [1.165, 1.54) is 5.56 Å². The zero-order valence-corrected chi connectivity index (χ0v) is 19.8. The monoisotopic (exact) mass is 464 g/mol. The molecule has 0 radical (unpaired) electrons. The van der Waals surface area contributed by atoms with Crippen LogP contribution in [0.1, 0.15) is 27.0 Å². The van der Waals surface area contributed by atoms with Gasteiger partial charge in [-0.05, 0) is 66.1 Å². The Morgan fingerprint density at radius 3 is 2.36 bits per heavy atom. The molecule has 0 atom stereocenters. The predicted molar refractivity (Wildman–Crippen MR) is 131 cm³/mol. The number of benzene rings is 3. The highest BCUT2D eigenvalue weighted by Crippen LogP contribution is 2.22. The van der Waals surface area contributed by atoms with Gasteiger partial charge in [0, 0.05) is 43.3 Å². The molecule has 1 aliphatic rings. The molecule has 0 aromatic heterocycles. The average molecular weight is 465 g/mol. The summed E-state index contributed by atoms with van der Waals surface area (Å²) in [6.07, 6.45) is 0. The van der Waals surface area contributed by atoms with E-state index in [0.717, 1.165) is 60.4 Å². The predicted octanol–water partition coefficient (Wildman–Crippen LogP) is 5.19. The van der Waals surface area contributed by atoms with Crippen molar-refractivity contribution in [2.24, 2.45) is 0 Å². The highest BCUT2D eigenvalue weighted by molar-refractivity contribution is 6.31. The minimum absolute atomic E-state index is 0.0804. The van der Waals surface area contributed by atoms with Crippen molar-refractivity contribution in [3.63, 3.8) is 0 Å². The summed E-state index contributed by atoms with van der Waals surface area (Å²) in [5.74, 6) is 1.74. The third-order valence-electron chi connectivity index (χ3n) is 5.94. The van der Waals surface area contributed by atoms with Gasteiger partial charge in [0.15, 0.2) is 0 Å². The first-order chi connectivity index (χ1) is 16.0. The van der Waals surface area contributed by atoms with Crippen LogP contribution in [-0.4, -0.2) is 49.0 Å². The molecule has 33 heavy (non-hydrogen) atoms. The fourth-order valence-corrected chi connectivity index (χ4v) is 4.06. The summed E-state index contributed by atoms with van der Waals surface area (Å²) < 4.78 is 11.2. The Kier molecular flexibility index (Phi) is 7.53. The van der Waals surface area contributed by atoms with Gasteiger partial charge < -0.3 is 14.4 Å². The molecule has 3 aromatic carbocycles. The minimum Gasteiger partial charge on any atom is -0.497 e. The molecule has 0 saturated carbocycles. The number of amides is 1. The molecule has 1 fully saturated rings. The molecular weight excluding hydrogens is 436 g/mol. The van der Waals surface area contributed by atoms with Gasteiger partial charge >= 0.3 is 0 Å². The molecular formula is C27H29ClN2O3. The maximum Gasteiger partial charge on any atom is 0.253 e. The SMILES string of the molecule is COc1cccc(CN2CCN(C(=O)c3ccc(COc4ccc(Cl)c(C)c4)cc3)CC2)c1. The van der Waals surface area contributed by atoms with E-state index in [9.17, 15) is 4.79 Å². The Balaban J connectivity index is 1.27. The molecule has 1 amide bonds. The number of hydrogen-bond acceptors (Lipinski definition) is 4. The summed E-state index contributed by atoms with van der Waals surface area (Å²) in [5, 5.41) is 0.728. The van der Waals surface area contributed by atoms with Gasteiger partial charge in [-0.1, -0.05) is 35.9 Å². The summed E-state index contributed by atoms with van der Waals surface area (Å²) in [4.78, 5) is 17.3. The van der Waals surface area contributed by atoms with Gasteiger partial charge in [-0.15, -0.1) is 0 Å². The van der Waals surface area contributed by atoms with E-state index in [1.54, 1.807) is 7.11 Å². The van der Waals surface area contributed by atoms with Crippen molar-refractivity contribution in [3.8, 4) is 11.5 Å². The molecule has 5 nitrogen and oxygen atoms in total. The Morgan fingerprint density at radius 2 is 1.67 bits per heavy atom. The fraction of sp³-hybridized carbons (Fsp3) is 0.296. The first kappa shape index (κ1) is 23.1. The van der Waals surface area contributed by atoms with E-state index in [-0.39, 0.29) is 5.91 Å². The lowest BCUT2D eigenvalue weighted by atomic mass is 10.1. The largest absolute Gasteiger partial charge is 0.497 e. The zero-order chi connectivity index (χ0) is 23.2. The lowest BCUT2D eigenvalue weighted by Gasteiger charge is -2.34. The van der Waals surface area contributed by atoms with Crippen LogP contribution < -0.4 is 9.47 Å². The van der Waals surface area contributed by atoms with Gasteiger partial charge in [-0.25, -0.2) is 0 Å². The van der Waals surface area contributed by atoms with Crippen LogP contribution >= 0.6 is 11.6 Å². The molecule has 1 aliphatic heterocycles. The van der Waals surface area contributed by atoms with E-state index < -0.39 is 0 Å². The van der Waals surface area contributed by atoms with Crippen LogP contribution in [0.2, 0.25) is 5.02 Å². The van der Waals surface area contributed by atoms with Gasteiger partial charge in [0.05, 0.1) is 7.11 Å². The third kappa shape index (κ3) is 6.06. The molecule has 3 aromatic rings. The van der Waals surface area contributed by atoms with Gasteiger partial charge in [-0.3, -0.25) is 9.69 Å². The van der Waals surface area contributed by atoms with Crippen LogP contribution in [0, 0.1) is 6.92 Å². The van der Waals surface area contributed by atoms with E-state index >= 15 is 0 Å². The smallest absolute Gasteiger partial charge is 0.253 e. The van der Waals surface area contributed by atoms with Crippen LogP contribution in [0.15, 0.2) is 66.7 Å². The van der Waals surface area contributed by atoms with Crippen molar-refractivity contribution in [1.29, 1.82) is 0 Å². The van der Waals surface area contributed by atoms with Crippen LogP contribution in [0.5, 0.6) is 11.5 Å². The number of rotatable bonds is 7. The van der Waals surface area contributed by atoms with E-state index in [4.69, 9.17) is 21.1 Å². The lowest BCUT2D eigenvalue weighted by Crippen LogP contribution is -2.48. The highest BCUT2D eigenvalue weighted by Gasteiger charge is 2.22. The molecule has 0 spiro atoms. The number of halogens is 1. The Hall–Kier alpha value is -3.02. The number of piperazine rings is 1. The van der Waals surface area contributed by atoms with Gasteiger partial charge in [0.2, 0.25) is 0 Å². The van der Waals surface area contributed by atoms with Crippen molar-refractivity contribution >= 4 is 17.5 Å². The molecule has 0 unspecified atom stereocenters. The molecule has 1 heterocycles. The average Bonchev–Trinajstić information content (AvgIpc) is 2.85. The van der Waals surface area contributed by atoms with Crippen molar-refractivity contribution in [3.05, 3.63) is 94.0 Å². The summed E-state index contributed by atoms with van der Waals surface area (Å²) >= 11 is 6.07. The number of nitrogens with zero attached hydrogens (tertiary/aromatic N) is 2. The molecule has 6 heteroatoms. The number of ether oxygens (including phenoxy) is 2. The van der Waals surface area contributed by atoms with Crippen molar-refractivity contribution in [2.75, 3.05) is 33.3 Å². The first-order valence-corrected chi connectivity index (χ1v) is 11.5. The Morgan fingerprint density at radius 1 is 0.909 bits per heavy atom. The van der Waals surface area contributed by atoms with Gasteiger partial charge in [-0.2, -0.15) is 0 Å². The summed E-state index contributed by atoms with van der Waals surface area (Å²) in [7, 11) is 1.68. The normalized spacial score (nSPS) is 14.2. The second-order valence-electron chi connectivity index (χ2n) is 8.32. The van der Waals surface area contributed by atoms with Crippen LogP contribution in [0.4, 0.5) is 0 Å². The minimum atomic E-state index is 0.0804. The second kappa shape index (κ2) is 10.7. The standard InChI is InChI=1S/C27H29ClN2O3/c1-20-16-25(10-11-26(20)28)33-19-21-6-8-23(9-7-21)27(31)30-14-12-29(13-15-30)18-22-4-3-5-24(17-22)32-2/h3-11,16-17H,12-15,18-19H2,1-2H3. The zero-order valence-electron chi connectivity index (χ0n) is 19.1.